The van der Waals surface area contributed by atoms with E-state index >= 15 is 0 Å². The van der Waals surface area contributed by atoms with Crippen molar-refractivity contribution < 1.29 is 24.2 Å². The molecule has 0 atom stereocenters. The standard InChI is InChI=1S/C25H24O5/c1-3-19-10-7-11-21(24(26)27)22(19)16-29-23-13-12-20(14-17(23)2)25(28)30-15-18-8-5-4-6-9-18/h4-14H,3,15-16H2,1-2H3,(H,26,27). The van der Waals surface area contributed by atoms with E-state index in [-0.39, 0.29) is 18.8 Å². The number of rotatable bonds is 8. The molecule has 0 saturated carbocycles. The van der Waals surface area contributed by atoms with Gasteiger partial charge in [0.2, 0.25) is 0 Å². The Morgan fingerprint density at radius 1 is 0.933 bits per heavy atom. The molecule has 1 N–H and O–H groups in total. The van der Waals surface area contributed by atoms with E-state index in [0.717, 1.165) is 16.7 Å². The Labute approximate surface area is 175 Å². The van der Waals surface area contributed by atoms with Gasteiger partial charge in [-0.1, -0.05) is 49.4 Å². The Morgan fingerprint density at radius 2 is 1.70 bits per heavy atom. The molecule has 5 heteroatoms. The summed E-state index contributed by atoms with van der Waals surface area (Å²) in [5, 5.41) is 9.46. The number of aryl methyl sites for hydroxylation is 2. The highest BCUT2D eigenvalue weighted by Gasteiger charge is 2.15. The second-order valence-electron chi connectivity index (χ2n) is 6.93. The lowest BCUT2D eigenvalue weighted by Crippen LogP contribution is -2.10. The molecule has 154 valence electrons. The largest absolute Gasteiger partial charge is 0.489 e. The monoisotopic (exact) mass is 404 g/mol. The molecule has 3 aromatic carbocycles. The van der Waals surface area contributed by atoms with Crippen LogP contribution in [-0.4, -0.2) is 17.0 Å². The second kappa shape index (κ2) is 9.74. The summed E-state index contributed by atoms with van der Waals surface area (Å²) in [7, 11) is 0. The van der Waals surface area contributed by atoms with Gasteiger partial charge in [0.05, 0.1) is 11.1 Å². The van der Waals surface area contributed by atoms with E-state index in [0.29, 0.717) is 23.3 Å². The summed E-state index contributed by atoms with van der Waals surface area (Å²) in [4.78, 5) is 23.9. The number of carboxylic acids is 1. The second-order valence-corrected chi connectivity index (χ2v) is 6.93. The number of ether oxygens (including phenoxy) is 2. The Balaban J connectivity index is 1.69. The van der Waals surface area contributed by atoms with Crippen LogP contribution in [0.25, 0.3) is 0 Å². The average Bonchev–Trinajstić information content (AvgIpc) is 2.76. The molecule has 0 aliphatic carbocycles. The highest BCUT2D eigenvalue weighted by Crippen LogP contribution is 2.24. The maximum Gasteiger partial charge on any atom is 0.338 e. The first kappa shape index (κ1) is 21.1. The number of carboxylic acid groups (broad SMARTS) is 1. The summed E-state index contributed by atoms with van der Waals surface area (Å²) in [6.45, 7) is 4.17. The van der Waals surface area contributed by atoms with Gasteiger partial charge in [0, 0.05) is 5.56 Å². The molecule has 3 rings (SSSR count). The smallest absolute Gasteiger partial charge is 0.338 e. The van der Waals surface area contributed by atoms with Gasteiger partial charge in [-0.25, -0.2) is 9.59 Å². The van der Waals surface area contributed by atoms with Crippen molar-refractivity contribution in [1.82, 2.24) is 0 Å². The van der Waals surface area contributed by atoms with Crippen LogP contribution in [0.3, 0.4) is 0 Å². The zero-order valence-electron chi connectivity index (χ0n) is 17.1. The number of esters is 1. The van der Waals surface area contributed by atoms with Crippen molar-refractivity contribution in [2.75, 3.05) is 0 Å². The van der Waals surface area contributed by atoms with Gasteiger partial charge in [0.15, 0.2) is 0 Å². The van der Waals surface area contributed by atoms with Gasteiger partial charge >= 0.3 is 11.9 Å². The molecular formula is C25H24O5. The molecule has 0 radical (unpaired) electrons. The van der Waals surface area contributed by atoms with Crippen molar-refractivity contribution in [1.29, 1.82) is 0 Å². The quantitative estimate of drug-likeness (QED) is 0.523. The van der Waals surface area contributed by atoms with Gasteiger partial charge < -0.3 is 14.6 Å². The highest BCUT2D eigenvalue weighted by atomic mass is 16.5. The van der Waals surface area contributed by atoms with E-state index in [1.54, 1.807) is 30.3 Å². The van der Waals surface area contributed by atoms with Gasteiger partial charge in [-0.2, -0.15) is 0 Å². The zero-order valence-corrected chi connectivity index (χ0v) is 17.1. The summed E-state index contributed by atoms with van der Waals surface area (Å²) in [5.41, 5.74) is 3.98. The number of hydrogen-bond donors (Lipinski definition) is 1. The SMILES string of the molecule is CCc1cccc(C(=O)O)c1COc1ccc(C(=O)OCc2ccccc2)cc1C. The molecule has 0 unspecified atom stereocenters. The fraction of sp³-hybridized carbons (Fsp3) is 0.200. The first-order valence-electron chi connectivity index (χ1n) is 9.78. The average molecular weight is 404 g/mol. The summed E-state index contributed by atoms with van der Waals surface area (Å²) >= 11 is 0. The maximum atomic E-state index is 12.3. The minimum Gasteiger partial charge on any atom is -0.489 e. The van der Waals surface area contributed by atoms with Crippen LogP contribution >= 0.6 is 0 Å². The summed E-state index contributed by atoms with van der Waals surface area (Å²) < 4.78 is 11.3. The van der Waals surface area contributed by atoms with Crippen molar-refractivity contribution in [3.8, 4) is 5.75 Å². The zero-order chi connectivity index (χ0) is 21.5. The lowest BCUT2D eigenvalue weighted by molar-refractivity contribution is 0.0472. The van der Waals surface area contributed by atoms with Crippen LogP contribution < -0.4 is 4.74 Å². The van der Waals surface area contributed by atoms with E-state index in [1.165, 1.54) is 0 Å². The van der Waals surface area contributed by atoms with Crippen molar-refractivity contribution in [2.24, 2.45) is 0 Å². The van der Waals surface area contributed by atoms with Crippen LogP contribution in [0.5, 0.6) is 5.75 Å². The molecule has 0 aliphatic rings. The minimum absolute atomic E-state index is 0.143. The summed E-state index contributed by atoms with van der Waals surface area (Å²) in [5.74, 6) is -0.785. The van der Waals surface area contributed by atoms with Crippen LogP contribution in [0, 0.1) is 6.92 Å². The molecular weight excluding hydrogens is 380 g/mol. The lowest BCUT2D eigenvalue weighted by Gasteiger charge is -2.15. The van der Waals surface area contributed by atoms with Crippen LogP contribution in [-0.2, 0) is 24.4 Å². The number of carbonyl (C=O) groups is 2. The van der Waals surface area contributed by atoms with Gasteiger partial charge in [0.25, 0.3) is 0 Å². The topological polar surface area (TPSA) is 72.8 Å². The normalized spacial score (nSPS) is 10.5. The van der Waals surface area contributed by atoms with Crippen molar-refractivity contribution in [3.63, 3.8) is 0 Å². The molecule has 0 spiro atoms. The third kappa shape index (κ3) is 5.06. The lowest BCUT2D eigenvalue weighted by atomic mass is 10.00. The van der Waals surface area contributed by atoms with Crippen LogP contribution in [0.4, 0.5) is 0 Å². The van der Waals surface area contributed by atoms with Crippen molar-refractivity contribution in [2.45, 2.75) is 33.5 Å². The maximum absolute atomic E-state index is 12.3. The van der Waals surface area contributed by atoms with Crippen molar-refractivity contribution in [3.05, 3.63) is 100 Å². The summed E-state index contributed by atoms with van der Waals surface area (Å²) in [6.07, 6.45) is 0.713. The molecule has 30 heavy (non-hydrogen) atoms. The molecule has 5 nitrogen and oxygen atoms in total. The Bertz CT molecular complexity index is 1040. The number of benzene rings is 3. The predicted molar refractivity (Wildman–Crippen MR) is 114 cm³/mol. The predicted octanol–water partition coefficient (Wildman–Crippen LogP) is 5.19. The molecule has 0 bridgehead atoms. The summed E-state index contributed by atoms with van der Waals surface area (Å²) in [6, 6.07) is 19.8. The van der Waals surface area contributed by atoms with Gasteiger partial charge in [-0.3, -0.25) is 0 Å². The third-order valence-electron chi connectivity index (χ3n) is 4.88. The Morgan fingerprint density at radius 3 is 2.37 bits per heavy atom. The fourth-order valence-corrected chi connectivity index (χ4v) is 3.23. The molecule has 0 aromatic heterocycles. The molecule has 0 heterocycles. The van der Waals surface area contributed by atoms with E-state index in [4.69, 9.17) is 9.47 Å². The fourth-order valence-electron chi connectivity index (χ4n) is 3.23. The van der Waals surface area contributed by atoms with Crippen LogP contribution in [0.1, 0.15) is 49.9 Å². The van der Waals surface area contributed by atoms with Crippen molar-refractivity contribution >= 4 is 11.9 Å². The van der Waals surface area contributed by atoms with Crippen LogP contribution in [0.15, 0.2) is 66.7 Å². The van der Waals surface area contributed by atoms with Gasteiger partial charge in [-0.05, 0) is 54.3 Å². The number of carbonyl (C=O) groups excluding carboxylic acids is 1. The Hall–Kier alpha value is -3.60. The molecule has 3 aromatic rings. The number of aromatic carboxylic acids is 1. The Kier molecular flexibility index (Phi) is 6.86. The number of hydrogen-bond acceptors (Lipinski definition) is 4. The van der Waals surface area contributed by atoms with E-state index < -0.39 is 11.9 Å². The molecule has 0 aliphatic heterocycles. The van der Waals surface area contributed by atoms with Crippen LogP contribution in [0.2, 0.25) is 0 Å². The van der Waals surface area contributed by atoms with E-state index in [1.807, 2.05) is 50.2 Å². The molecule has 0 fully saturated rings. The highest BCUT2D eigenvalue weighted by molar-refractivity contribution is 5.90. The van der Waals surface area contributed by atoms with Gasteiger partial charge in [0.1, 0.15) is 19.0 Å². The minimum atomic E-state index is -0.975. The first-order chi connectivity index (χ1) is 14.5. The first-order valence-corrected chi connectivity index (χ1v) is 9.78. The molecule has 0 saturated heterocycles. The van der Waals surface area contributed by atoms with E-state index in [9.17, 15) is 14.7 Å². The third-order valence-corrected chi connectivity index (χ3v) is 4.88. The van der Waals surface area contributed by atoms with Gasteiger partial charge in [-0.15, -0.1) is 0 Å². The van der Waals surface area contributed by atoms with E-state index in [2.05, 4.69) is 0 Å². The molecule has 0 amide bonds.